The van der Waals surface area contributed by atoms with Crippen molar-refractivity contribution in [2.75, 3.05) is 27.3 Å². The van der Waals surface area contributed by atoms with E-state index in [0.717, 1.165) is 18.9 Å². The Labute approximate surface area is 254 Å². The molecule has 0 unspecified atom stereocenters. The monoisotopic (exact) mass is 663 g/mol. The lowest BCUT2D eigenvalue weighted by molar-refractivity contribution is -0.137. The fourth-order valence-corrected chi connectivity index (χ4v) is 7.00. The Hall–Kier alpha value is -3.02. The van der Waals surface area contributed by atoms with Gasteiger partial charge in [0.1, 0.15) is 9.79 Å². The van der Waals surface area contributed by atoms with Crippen LogP contribution in [0.5, 0.6) is 11.5 Å². The summed E-state index contributed by atoms with van der Waals surface area (Å²) in [6, 6.07) is 9.20. The summed E-state index contributed by atoms with van der Waals surface area (Å²) in [5, 5.41) is 10.3. The van der Waals surface area contributed by atoms with Gasteiger partial charge in [0.05, 0.1) is 31.4 Å². The van der Waals surface area contributed by atoms with E-state index in [4.69, 9.17) is 14.0 Å². The number of halogens is 3. The molecule has 1 saturated heterocycles. The fourth-order valence-electron chi connectivity index (χ4n) is 5.02. The maximum absolute atomic E-state index is 12.6. The van der Waals surface area contributed by atoms with Crippen LogP contribution in [0, 0.1) is 0 Å². The Balaban J connectivity index is 0.000000257. The number of nitrogens with zero attached hydrogens (tertiary/aromatic N) is 2. The van der Waals surface area contributed by atoms with Crippen molar-refractivity contribution in [3.8, 4) is 11.5 Å². The lowest BCUT2D eigenvalue weighted by Crippen LogP contribution is -2.49. The number of nitrogens with one attached hydrogen (secondary N) is 1. The van der Waals surface area contributed by atoms with E-state index < -0.39 is 42.9 Å². The number of sulfonamides is 1. The van der Waals surface area contributed by atoms with Gasteiger partial charge in [-0.05, 0) is 63.1 Å². The zero-order valence-corrected chi connectivity index (χ0v) is 26.2. The number of aromatic nitrogens is 1. The Morgan fingerprint density at radius 3 is 2.25 bits per heavy atom. The molecule has 16 heteroatoms. The molecular formula is C28H36F3N3O8S2. The Morgan fingerprint density at radius 1 is 1.02 bits per heavy atom. The van der Waals surface area contributed by atoms with Crippen molar-refractivity contribution in [1.29, 1.82) is 0 Å². The average Bonchev–Trinajstić information content (AvgIpc) is 2.96. The number of pyridine rings is 1. The molecular weight excluding hydrogens is 627 g/mol. The van der Waals surface area contributed by atoms with E-state index in [2.05, 4.69) is 28.5 Å². The summed E-state index contributed by atoms with van der Waals surface area (Å²) in [6.45, 7) is 4.68. The molecule has 1 aromatic heterocycles. The number of benzene rings is 2. The molecule has 244 valence electrons. The first kappa shape index (κ1) is 35.5. The summed E-state index contributed by atoms with van der Waals surface area (Å²) >= 11 is 0. The van der Waals surface area contributed by atoms with Gasteiger partial charge in [-0.1, -0.05) is 12.5 Å². The van der Waals surface area contributed by atoms with Crippen molar-refractivity contribution < 1.29 is 49.1 Å². The van der Waals surface area contributed by atoms with E-state index in [0.29, 0.717) is 30.4 Å². The molecule has 3 atom stereocenters. The molecule has 0 aliphatic carbocycles. The molecule has 1 aliphatic heterocycles. The van der Waals surface area contributed by atoms with Gasteiger partial charge in [0.2, 0.25) is 10.0 Å². The van der Waals surface area contributed by atoms with Crippen LogP contribution < -0.4 is 14.2 Å². The third-order valence-corrected chi connectivity index (χ3v) is 9.59. The number of hydrogen-bond donors (Lipinski definition) is 3. The first-order valence-electron chi connectivity index (χ1n) is 13.6. The molecule has 0 saturated carbocycles. The van der Waals surface area contributed by atoms with E-state index in [9.17, 15) is 35.1 Å². The standard InChI is InChI=1S/C18H30N2O5S.C10H6F3NO3S/c1-13-7-5-8-14(2)20(13)12-15(21)11-19-26(22,23)17-10-6-9-16(24-3)18(17)25-4;11-10(12,13)6-4-8-7(2-1-3-14-8)9(5-6)18(15,16)17/h6,9-10,13-15,19,21H,5,7-8,11-12H2,1-4H3;1-5H,(H,15,16,17)/t13-,14+,15-;/m0./s1. The van der Waals surface area contributed by atoms with E-state index >= 15 is 0 Å². The maximum Gasteiger partial charge on any atom is 0.416 e. The van der Waals surface area contributed by atoms with Crippen LogP contribution >= 0.6 is 0 Å². The minimum Gasteiger partial charge on any atom is -0.493 e. The van der Waals surface area contributed by atoms with Crippen LogP contribution in [0.15, 0.2) is 58.5 Å². The highest BCUT2D eigenvalue weighted by Crippen LogP contribution is 2.35. The molecule has 1 fully saturated rings. The van der Waals surface area contributed by atoms with Gasteiger partial charge in [0, 0.05) is 36.8 Å². The summed E-state index contributed by atoms with van der Waals surface area (Å²) in [6.07, 6.45) is -0.879. The second-order valence-corrected chi connectivity index (χ2v) is 13.5. The van der Waals surface area contributed by atoms with Gasteiger partial charge in [-0.25, -0.2) is 13.1 Å². The van der Waals surface area contributed by atoms with Gasteiger partial charge in [0.15, 0.2) is 11.5 Å². The molecule has 2 aromatic carbocycles. The molecule has 2 heterocycles. The van der Waals surface area contributed by atoms with E-state index in [1.54, 1.807) is 12.1 Å². The maximum atomic E-state index is 12.6. The van der Waals surface area contributed by atoms with Crippen LogP contribution in [0.1, 0.15) is 38.7 Å². The fraction of sp³-hybridized carbons (Fsp3) is 0.464. The SMILES string of the molecule is COc1cccc(S(=O)(=O)NC[C@H](O)CN2[C@H](C)CCC[C@@H]2C)c1OC.O=S(=O)(O)c1cc(C(F)(F)F)cc2ncccc12. The molecule has 0 bridgehead atoms. The zero-order valence-electron chi connectivity index (χ0n) is 24.6. The lowest BCUT2D eigenvalue weighted by Gasteiger charge is -2.40. The second kappa shape index (κ2) is 14.4. The predicted molar refractivity (Wildman–Crippen MR) is 157 cm³/mol. The number of fused-ring (bicyclic) bond motifs is 1. The summed E-state index contributed by atoms with van der Waals surface area (Å²) in [7, 11) is -5.74. The van der Waals surface area contributed by atoms with E-state index in [1.165, 1.54) is 45.0 Å². The highest BCUT2D eigenvalue weighted by molar-refractivity contribution is 7.89. The molecule has 44 heavy (non-hydrogen) atoms. The quantitative estimate of drug-likeness (QED) is 0.285. The van der Waals surface area contributed by atoms with Crippen LogP contribution in [0.4, 0.5) is 13.2 Å². The van der Waals surface area contributed by atoms with Gasteiger partial charge in [-0.15, -0.1) is 0 Å². The van der Waals surface area contributed by atoms with Crippen LogP contribution in [0.3, 0.4) is 0 Å². The Morgan fingerprint density at radius 2 is 1.68 bits per heavy atom. The van der Waals surface area contributed by atoms with Crippen LogP contribution in [-0.2, 0) is 26.3 Å². The van der Waals surface area contributed by atoms with Gasteiger partial charge < -0.3 is 14.6 Å². The third kappa shape index (κ3) is 8.79. The molecule has 3 aromatic rings. The van der Waals surface area contributed by atoms with E-state index in [-0.39, 0.29) is 28.1 Å². The van der Waals surface area contributed by atoms with Crippen molar-refractivity contribution in [3.05, 3.63) is 54.2 Å². The summed E-state index contributed by atoms with van der Waals surface area (Å²) < 4.78 is 107. The van der Waals surface area contributed by atoms with Crippen LogP contribution in [0.25, 0.3) is 10.9 Å². The zero-order chi connectivity index (χ0) is 32.9. The summed E-state index contributed by atoms with van der Waals surface area (Å²) in [5.41, 5.74) is -1.33. The van der Waals surface area contributed by atoms with E-state index in [1.807, 2.05) is 0 Å². The van der Waals surface area contributed by atoms with Gasteiger partial charge in [0.25, 0.3) is 10.1 Å². The largest absolute Gasteiger partial charge is 0.493 e. The molecule has 0 amide bonds. The summed E-state index contributed by atoms with van der Waals surface area (Å²) in [4.78, 5) is 5.09. The number of hydrogen-bond acceptors (Lipinski definition) is 9. The normalized spacial score (nSPS) is 18.8. The number of ether oxygens (including phenoxy) is 2. The molecule has 3 N–H and O–H groups in total. The van der Waals surface area contributed by atoms with Gasteiger partial charge in [-0.3, -0.25) is 14.4 Å². The number of para-hydroxylation sites is 1. The minimum absolute atomic E-state index is 0.00809. The number of aliphatic hydroxyl groups excluding tert-OH is 1. The number of rotatable bonds is 9. The van der Waals surface area contributed by atoms with Crippen molar-refractivity contribution in [2.24, 2.45) is 0 Å². The Bertz CT molecular complexity index is 1640. The lowest BCUT2D eigenvalue weighted by atomic mass is 9.97. The smallest absolute Gasteiger partial charge is 0.416 e. The topological polar surface area (TPSA) is 155 Å². The number of β-amino-alcohol motifs (C(OH)–C–C–N with tert-alkyl or cyclic N) is 1. The highest BCUT2D eigenvalue weighted by atomic mass is 32.2. The highest BCUT2D eigenvalue weighted by Gasteiger charge is 2.33. The molecule has 11 nitrogen and oxygen atoms in total. The number of piperidine rings is 1. The molecule has 0 radical (unpaired) electrons. The number of likely N-dealkylation sites (tertiary alicyclic amines) is 1. The van der Waals surface area contributed by atoms with Crippen molar-refractivity contribution in [1.82, 2.24) is 14.6 Å². The molecule has 0 spiro atoms. The first-order valence-corrected chi connectivity index (χ1v) is 16.5. The first-order chi connectivity index (χ1) is 20.5. The predicted octanol–water partition coefficient (Wildman–Crippen LogP) is 4.11. The van der Waals surface area contributed by atoms with Crippen molar-refractivity contribution >= 4 is 31.0 Å². The molecule has 4 rings (SSSR count). The van der Waals surface area contributed by atoms with Gasteiger partial charge >= 0.3 is 6.18 Å². The number of alkyl halides is 3. The van der Waals surface area contributed by atoms with Gasteiger partial charge in [-0.2, -0.15) is 21.6 Å². The second-order valence-electron chi connectivity index (χ2n) is 10.3. The Kier molecular flexibility index (Phi) is 11.6. The molecule has 1 aliphatic rings. The van der Waals surface area contributed by atoms with Crippen LogP contribution in [-0.4, -0.2) is 81.9 Å². The third-order valence-electron chi connectivity index (χ3n) is 7.25. The number of aliphatic hydroxyl groups is 1. The average molecular weight is 664 g/mol. The van der Waals surface area contributed by atoms with Crippen molar-refractivity contribution in [3.63, 3.8) is 0 Å². The van der Waals surface area contributed by atoms with Crippen LogP contribution in [0.2, 0.25) is 0 Å². The van der Waals surface area contributed by atoms with Crippen molar-refractivity contribution in [2.45, 2.75) is 67.3 Å². The number of methoxy groups -OCH3 is 2. The summed E-state index contributed by atoms with van der Waals surface area (Å²) in [5.74, 6) is 0.488. The minimum atomic E-state index is -4.75.